The number of hydrogen-bond donors (Lipinski definition) is 3. The predicted molar refractivity (Wildman–Crippen MR) is 105 cm³/mol. The first-order chi connectivity index (χ1) is 14.2. The second kappa shape index (κ2) is 11.7. The second-order valence-corrected chi connectivity index (χ2v) is 8.65. The fraction of sp³-hybridized carbons (Fsp3) is 0.900. The minimum atomic E-state index is -5.08. The third kappa shape index (κ3) is 8.29. The summed E-state index contributed by atoms with van der Waals surface area (Å²) in [5, 5.41) is 20.0. The summed E-state index contributed by atoms with van der Waals surface area (Å²) in [5.41, 5.74) is 0. The minimum absolute atomic E-state index is 0.0986. The molecular weight excluding hydrogens is 403 g/mol. The molecule has 2 heterocycles. The Morgan fingerprint density at radius 2 is 1.53 bits per heavy atom. The van der Waals surface area contributed by atoms with Crippen LogP contribution < -0.4 is 5.32 Å². The fourth-order valence-electron chi connectivity index (χ4n) is 4.59. The molecule has 2 amide bonds. The van der Waals surface area contributed by atoms with E-state index in [0.29, 0.717) is 18.5 Å². The lowest BCUT2D eigenvalue weighted by molar-refractivity contribution is -0.192. The SMILES string of the molecule is O=C(NC1CCCCC1)N1C[C@@H](CN2CCCC2)C[C@H](CO)C1.O=C(O)C(F)(F)F. The van der Waals surface area contributed by atoms with Gasteiger partial charge < -0.3 is 25.3 Å². The maximum absolute atomic E-state index is 12.6. The average Bonchev–Trinajstić information content (AvgIpc) is 3.21. The van der Waals surface area contributed by atoms with Crippen molar-refractivity contribution in [3.63, 3.8) is 0 Å². The number of rotatable bonds is 4. The van der Waals surface area contributed by atoms with E-state index in [9.17, 15) is 23.1 Å². The standard InChI is InChI=1S/C18H33N3O2.C2HF3O2/c22-14-16-10-15(11-20-8-4-5-9-20)12-21(13-16)18(23)19-17-6-2-1-3-7-17;3-2(4,5)1(6)7/h15-17,22H,1-14H2,(H,19,23);(H,6,7)/t15-,16+;/m1./s1. The van der Waals surface area contributed by atoms with Crippen LogP contribution in [0.5, 0.6) is 0 Å². The highest BCUT2D eigenvalue weighted by Crippen LogP contribution is 2.25. The van der Waals surface area contributed by atoms with Gasteiger partial charge in [0.05, 0.1) is 0 Å². The van der Waals surface area contributed by atoms with E-state index >= 15 is 0 Å². The molecule has 2 aliphatic heterocycles. The molecule has 7 nitrogen and oxygen atoms in total. The number of nitrogens with zero attached hydrogens (tertiary/aromatic N) is 2. The molecule has 3 rings (SSSR count). The van der Waals surface area contributed by atoms with Gasteiger partial charge in [-0.2, -0.15) is 13.2 Å². The van der Waals surface area contributed by atoms with Gasteiger partial charge in [0.2, 0.25) is 0 Å². The van der Waals surface area contributed by atoms with E-state index in [1.165, 1.54) is 45.2 Å². The summed E-state index contributed by atoms with van der Waals surface area (Å²) in [6.07, 6.45) is 4.62. The summed E-state index contributed by atoms with van der Waals surface area (Å²) >= 11 is 0. The first-order valence-electron chi connectivity index (χ1n) is 10.9. The van der Waals surface area contributed by atoms with Crippen molar-refractivity contribution in [2.75, 3.05) is 39.3 Å². The lowest BCUT2D eigenvalue weighted by atomic mass is 9.89. The molecule has 3 fully saturated rings. The number of aliphatic hydroxyl groups excluding tert-OH is 1. The van der Waals surface area contributed by atoms with Crippen LogP contribution in [0, 0.1) is 11.8 Å². The van der Waals surface area contributed by atoms with Crippen LogP contribution in [0.1, 0.15) is 51.4 Å². The van der Waals surface area contributed by atoms with E-state index in [1.807, 2.05) is 4.90 Å². The van der Waals surface area contributed by atoms with Crippen molar-refractivity contribution in [1.29, 1.82) is 0 Å². The third-order valence-corrected chi connectivity index (χ3v) is 6.06. The second-order valence-electron chi connectivity index (χ2n) is 8.65. The Balaban J connectivity index is 0.000000396. The molecule has 3 N–H and O–H groups in total. The van der Waals surface area contributed by atoms with Gasteiger partial charge in [0, 0.05) is 38.2 Å². The van der Waals surface area contributed by atoms with E-state index in [0.717, 1.165) is 32.4 Å². The minimum Gasteiger partial charge on any atom is -0.475 e. The maximum atomic E-state index is 12.6. The zero-order chi connectivity index (χ0) is 22.1. The number of halogens is 3. The van der Waals surface area contributed by atoms with Crippen molar-refractivity contribution in [3.8, 4) is 0 Å². The zero-order valence-corrected chi connectivity index (χ0v) is 17.4. The number of carbonyl (C=O) groups excluding carboxylic acids is 1. The normalized spacial score (nSPS) is 26.1. The van der Waals surface area contributed by atoms with Crippen LogP contribution in [0.3, 0.4) is 0 Å². The molecule has 174 valence electrons. The molecule has 2 atom stereocenters. The van der Waals surface area contributed by atoms with Crippen LogP contribution in [-0.4, -0.2) is 83.6 Å². The molecule has 30 heavy (non-hydrogen) atoms. The van der Waals surface area contributed by atoms with E-state index in [-0.39, 0.29) is 18.6 Å². The van der Waals surface area contributed by atoms with Crippen molar-refractivity contribution in [3.05, 3.63) is 0 Å². The molecule has 3 aliphatic rings. The lowest BCUT2D eigenvalue weighted by Crippen LogP contribution is -2.53. The van der Waals surface area contributed by atoms with Gasteiger partial charge in [-0.3, -0.25) is 0 Å². The highest BCUT2D eigenvalue weighted by atomic mass is 19.4. The number of alkyl halides is 3. The number of carbonyl (C=O) groups is 2. The van der Waals surface area contributed by atoms with Crippen molar-refractivity contribution in [2.24, 2.45) is 11.8 Å². The van der Waals surface area contributed by atoms with Crippen molar-refractivity contribution >= 4 is 12.0 Å². The van der Waals surface area contributed by atoms with Crippen LogP contribution in [-0.2, 0) is 4.79 Å². The van der Waals surface area contributed by atoms with Gasteiger partial charge in [-0.25, -0.2) is 9.59 Å². The van der Waals surface area contributed by atoms with Crippen LogP contribution in [0.2, 0.25) is 0 Å². The number of likely N-dealkylation sites (tertiary alicyclic amines) is 2. The summed E-state index contributed by atoms with van der Waals surface area (Å²) in [6, 6.07) is 0.462. The number of carboxylic acid groups (broad SMARTS) is 1. The number of aliphatic carboxylic acids is 1. The number of urea groups is 1. The lowest BCUT2D eigenvalue weighted by Gasteiger charge is -2.39. The summed E-state index contributed by atoms with van der Waals surface area (Å²) < 4.78 is 31.7. The molecule has 0 aromatic rings. The van der Waals surface area contributed by atoms with Crippen LogP contribution in [0.4, 0.5) is 18.0 Å². The third-order valence-electron chi connectivity index (χ3n) is 6.06. The van der Waals surface area contributed by atoms with Gasteiger partial charge in [-0.05, 0) is 51.1 Å². The molecular formula is C20H34F3N3O4. The molecule has 2 saturated heterocycles. The van der Waals surface area contributed by atoms with E-state index in [2.05, 4.69) is 10.2 Å². The predicted octanol–water partition coefficient (Wildman–Crippen LogP) is 2.69. The molecule has 1 aliphatic carbocycles. The van der Waals surface area contributed by atoms with Crippen molar-refractivity contribution in [2.45, 2.75) is 63.6 Å². The van der Waals surface area contributed by atoms with E-state index in [1.54, 1.807) is 0 Å². The topological polar surface area (TPSA) is 93.1 Å². The largest absolute Gasteiger partial charge is 0.490 e. The Labute approximate surface area is 175 Å². The highest BCUT2D eigenvalue weighted by Gasteiger charge is 2.38. The number of hydrogen-bond acceptors (Lipinski definition) is 4. The Morgan fingerprint density at radius 3 is 2.07 bits per heavy atom. The summed E-state index contributed by atoms with van der Waals surface area (Å²) in [5.74, 6) is -2.00. The van der Waals surface area contributed by atoms with Crippen molar-refractivity contribution < 1.29 is 33.0 Å². The van der Waals surface area contributed by atoms with Gasteiger partial charge in [-0.1, -0.05) is 19.3 Å². The van der Waals surface area contributed by atoms with E-state index < -0.39 is 12.1 Å². The fourth-order valence-corrected chi connectivity index (χ4v) is 4.59. The maximum Gasteiger partial charge on any atom is 0.490 e. The summed E-state index contributed by atoms with van der Waals surface area (Å²) in [4.78, 5) is 26.0. The van der Waals surface area contributed by atoms with Crippen LogP contribution >= 0.6 is 0 Å². The number of piperidine rings is 1. The Morgan fingerprint density at radius 1 is 0.967 bits per heavy atom. The molecule has 0 aromatic heterocycles. The van der Waals surface area contributed by atoms with Gasteiger partial charge in [-0.15, -0.1) is 0 Å². The molecule has 0 bridgehead atoms. The molecule has 0 spiro atoms. The Kier molecular flexibility index (Phi) is 9.67. The van der Waals surface area contributed by atoms with E-state index in [4.69, 9.17) is 9.90 Å². The van der Waals surface area contributed by atoms with Gasteiger partial charge in [0.25, 0.3) is 0 Å². The molecule has 0 unspecified atom stereocenters. The number of carboxylic acids is 1. The van der Waals surface area contributed by atoms with Gasteiger partial charge >= 0.3 is 18.2 Å². The first kappa shape index (κ1) is 24.7. The van der Waals surface area contributed by atoms with Crippen molar-refractivity contribution in [1.82, 2.24) is 15.1 Å². The Hall–Kier alpha value is -1.55. The average molecular weight is 438 g/mol. The highest BCUT2D eigenvalue weighted by molar-refractivity contribution is 5.74. The number of aliphatic hydroxyl groups is 1. The van der Waals surface area contributed by atoms with Crippen LogP contribution in [0.15, 0.2) is 0 Å². The zero-order valence-electron chi connectivity index (χ0n) is 17.4. The first-order valence-corrected chi connectivity index (χ1v) is 10.9. The monoisotopic (exact) mass is 437 g/mol. The molecule has 0 radical (unpaired) electrons. The smallest absolute Gasteiger partial charge is 0.475 e. The Bertz CT molecular complexity index is 550. The van der Waals surface area contributed by atoms with Crippen LogP contribution in [0.25, 0.3) is 0 Å². The molecule has 0 aromatic carbocycles. The van der Waals surface area contributed by atoms with Gasteiger partial charge in [0.1, 0.15) is 0 Å². The number of nitrogens with one attached hydrogen (secondary N) is 1. The molecule has 10 heteroatoms. The van der Waals surface area contributed by atoms with Gasteiger partial charge in [0.15, 0.2) is 0 Å². The number of amides is 2. The summed E-state index contributed by atoms with van der Waals surface area (Å²) in [7, 11) is 0. The molecule has 1 saturated carbocycles. The quantitative estimate of drug-likeness (QED) is 0.629. The summed E-state index contributed by atoms with van der Waals surface area (Å²) in [6.45, 7) is 5.26.